The average molecular weight is 384 g/mol. The molecule has 2 rings (SSSR count). The fourth-order valence-corrected chi connectivity index (χ4v) is 2.41. The largest absolute Gasteiger partial charge is 0.434 e. The fraction of sp³-hybridized carbons (Fsp3) is 0.286. The fourth-order valence-electron chi connectivity index (χ4n) is 2.06. The third-order valence-corrected chi connectivity index (χ3v) is 3.43. The summed E-state index contributed by atoms with van der Waals surface area (Å²) in [6.45, 7) is -1.54. The maximum absolute atomic E-state index is 12.9. The SMILES string of the molecule is Cc1ccc(NC(=O)c2nn(C)c(C(F)(F)F)c2Cl)c(OC(F)F)c1. The van der Waals surface area contributed by atoms with E-state index < -0.39 is 35.1 Å². The van der Waals surface area contributed by atoms with Gasteiger partial charge in [0.1, 0.15) is 10.8 Å². The summed E-state index contributed by atoms with van der Waals surface area (Å²) in [5.41, 5.74) is -1.58. The molecule has 1 aromatic heterocycles. The molecule has 25 heavy (non-hydrogen) atoms. The first-order chi connectivity index (χ1) is 11.5. The molecule has 0 atom stereocenters. The van der Waals surface area contributed by atoms with E-state index in [-0.39, 0.29) is 11.4 Å². The van der Waals surface area contributed by atoms with E-state index in [1.54, 1.807) is 6.92 Å². The number of halogens is 6. The van der Waals surface area contributed by atoms with Gasteiger partial charge in [-0.15, -0.1) is 0 Å². The van der Waals surface area contributed by atoms with Gasteiger partial charge in [0.2, 0.25) is 0 Å². The van der Waals surface area contributed by atoms with Gasteiger partial charge in [-0.25, -0.2) is 0 Å². The Morgan fingerprint density at radius 2 is 2.00 bits per heavy atom. The molecular weight excluding hydrogens is 373 g/mol. The van der Waals surface area contributed by atoms with Crippen molar-refractivity contribution >= 4 is 23.2 Å². The lowest BCUT2D eigenvalue weighted by atomic mass is 10.2. The third kappa shape index (κ3) is 4.19. The lowest BCUT2D eigenvalue weighted by Gasteiger charge is -2.12. The second-order valence-electron chi connectivity index (χ2n) is 4.96. The second-order valence-corrected chi connectivity index (χ2v) is 5.34. The zero-order valence-corrected chi connectivity index (χ0v) is 13.5. The molecule has 1 aromatic carbocycles. The summed E-state index contributed by atoms with van der Waals surface area (Å²) >= 11 is 5.61. The van der Waals surface area contributed by atoms with Crippen LogP contribution in [0.3, 0.4) is 0 Å². The van der Waals surface area contributed by atoms with Gasteiger partial charge in [0, 0.05) is 7.05 Å². The smallest absolute Gasteiger partial charge is 0.433 e. The van der Waals surface area contributed by atoms with Crippen molar-refractivity contribution in [2.75, 3.05) is 5.32 Å². The quantitative estimate of drug-likeness (QED) is 0.803. The molecule has 0 aliphatic rings. The molecule has 0 spiro atoms. The van der Waals surface area contributed by atoms with E-state index in [4.69, 9.17) is 11.6 Å². The van der Waals surface area contributed by atoms with Gasteiger partial charge in [-0.05, 0) is 24.6 Å². The van der Waals surface area contributed by atoms with Gasteiger partial charge < -0.3 is 10.1 Å². The molecule has 2 aromatic rings. The second kappa shape index (κ2) is 6.87. The van der Waals surface area contributed by atoms with Crippen LogP contribution in [0.5, 0.6) is 5.75 Å². The van der Waals surface area contributed by atoms with Crippen molar-refractivity contribution in [3.05, 3.63) is 40.2 Å². The number of nitrogens with zero attached hydrogens (tertiary/aromatic N) is 2. The van der Waals surface area contributed by atoms with E-state index in [1.807, 2.05) is 0 Å². The van der Waals surface area contributed by atoms with E-state index >= 15 is 0 Å². The van der Waals surface area contributed by atoms with E-state index in [0.717, 1.165) is 7.05 Å². The maximum Gasteiger partial charge on any atom is 0.434 e. The first-order valence-electron chi connectivity index (χ1n) is 6.67. The number of alkyl halides is 5. The van der Waals surface area contributed by atoms with Crippen LogP contribution in [0.25, 0.3) is 0 Å². The number of anilines is 1. The van der Waals surface area contributed by atoms with E-state index in [0.29, 0.717) is 10.2 Å². The average Bonchev–Trinajstić information content (AvgIpc) is 2.76. The Morgan fingerprint density at radius 1 is 1.36 bits per heavy atom. The number of hydrogen-bond acceptors (Lipinski definition) is 3. The highest BCUT2D eigenvalue weighted by atomic mass is 35.5. The van der Waals surface area contributed by atoms with E-state index in [2.05, 4.69) is 15.2 Å². The number of amides is 1. The lowest BCUT2D eigenvalue weighted by Crippen LogP contribution is -2.15. The molecule has 0 fully saturated rings. The Balaban J connectivity index is 2.36. The van der Waals surface area contributed by atoms with Crippen LogP contribution in [-0.4, -0.2) is 22.3 Å². The van der Waals surface area contributed by atoms with Crippen molar-refractivity contribution in [1.29, 1.82) is 0 Å². The summed E-state index contributed by atoms with van der Waals surface area (Å²) in [6.07, 6.45) is -4.81. The maximum atomic E-state index is 12.9. The van der Waals surface area contributed by atoms with Gasteiger partial charge in [0.15, 0.2) is 11.4 Å². The van der Waals surface area contributed by atoms with Crippen molar-refractivity contribution in [2.45, 2.75) is 19.7 Å². The van der Waals surface area contributed by atoms with Crippen LogP contribution in [0.1, 0.15) is 21.7 Å². The summed E-state index contributed by atoms with van der Waals surface area (Å²) in [5.74, 6) is -1.44. The molecule has 136 valence electrons. The van der Waals surface area contributed by atoms with Crippen molar-refractivity contribution < 1.29 is 31.5 Å². The van der Waals surface area contributed by atoms with Crippen molar-refractivity contribution in [2.24, 2.45) is 7.05 Å². The van der Waals surface area contributed by atoms with Gasteiger partial charge in [-0.2, -0.15) is 27.1 Å². The van der Waals surface area contributed by atoms with Crippen LogP contribution in [0.4, 0.5) is 27.6 Å². The minimum Gasteiger partial charge on any atom is -0.433 e. The molecule has 0 unspecified atom stereocenters. The predicted molar refractivity (Wildman–Crippen MR) is 79.0 cm³/mol. The molecular formula is C14H11ClF5N3O2. The Kier molecular flexibility index (Phi) is 5.21. The molecule has 0 saturated carbocycles. The van der Waals surface area contributed by atoms with Gasteiger partial charge in [-0.1, -0.05) is 17.7 Å². The molecule has 1 N–H and O–H groups in total. The number of rotatable bonds is 4. The standard InChI is InChI=1S/C14H11ClF5N3O2/c1-6-3-4-7(8(5-6)25-13(16)17)21-12(24)10-9(15)11(14(18,19)20)23(2)22-10/h3-5,13H,1-2H3,(H,21,24). The summed E-state index contributed by atoms with van der Waals surface area (Å²) in [7, 11) is 0.975. The molecule has 1 amide bonds. The van der Waals surface area contributed by atoms with Gasteiger partial charge in [-0.3, -0.25) is 9.48 Å². The van der Waals surface area contributed by atoms with Gasteiger partial charge in [0.25, 0.3) is 5.91 Å². The highest BCUT2D eigenvalue weighted by Gasteiger charge is 2.40. The van der Waals surface area contributed by atoms with Crippen LogP contribution < -0.4 is 10.1 Å². The van der Waals surface area contributed by atoms with Crippen molar-refractivity contribution in [1.82, 2.24) is 9.78 Å². The van der Waals surface area contributed by atoms with Gasteiger partial charge >= 0.3 is 12.8 Å². The van der Waals surface area contributed by atoms with Crippen LogP contribution in [0.15, 0.2) is 18.2 Å². The summed E-state index contributed by atoms with van der Waals surface area (Å²) in [5, 5.41) is 4.72. The lowest BCUT2D eigenvalue weighted by molar-refractivity contribution is -0.143. The zero-order chi connectivity index (χ0) is 18.9. The highest BCUT2D eigenvalue weighted by molar-refractivity contribution is 6.34. The highest BCUT2D eigenvalue weighted by Crippen LogP contribution is 2.36. The van der Waals surface area contributed by atoms with Crippen LogP contribution in [0.2, 0.25) is 5.02 Å². The monoisotopic (exact) mass is 383 g/mol. The number of carbonyl (C=O) groups is 1. The van der Waals surface area contributed by atoms with E-state index in [9.17, 15) is 26.7 Å². The molecule has 5 nitrogen and oxygen atoms in total. The third-order valence-electron chi connectivity index (χ3n) is 3.07. The molecule has 11 heteroatoms. The number of aromatic nitrogens is 2. The first kappa shape index (κ1) is 19.0. The van der Waals surface area contributed by atoms with Crippen LogP contribution >= 0.6 is 11.6 Å². The number of carbonyl (C=O) groups excluding carboxylic acids is 1. The minimum absolute atomic E-state index is 0.161. The number of nitrogens with one attached hydrogen (secondary N) is 1. The Labute approximate surface area is 143 Å². The van der Waals surface area contributed by atoms with Crippen LogP contribution in [-0.2, 0) is 13.2 Å². The van der Waals surface area contributed by atoms with Gasteiger partial charge in [0.05, 0.1) is 5.69 Å². The number of aryl methyl sites for hydroxylation is 2. The molecule has 0 radical (unpaired) electrons. The summed E-state index contributed by atoms with van der Waals surface area (Å²) < 4.78 is 68.3. The normalized spacial score (nSPS) is 11.7. The Bertz CT molecular complexity index is 804. The Hall–Kier alpha value is -2.36. The minimum atomic E-state index is -4.81. The molecule has 0 saturated heterocycles. The molecule has 0 bridgehead atoms. The molecule has 0 aliphatic heterocycles. The summed E-state index contributed by atoms with van der Waals surface area (Å²) in [4.78, 5) is 12.2. The first-order valence-corrected chi connectivity index (χ1v) is 7.05. The Morgan fingerprint density at radius 3 is 2.52 bits per heavy atom. The van der Waals surface area contributed by atoms with E-state index in [1.165, 1.54) is 18.2 Å². The van der Waals surface area contributed by atoms with Crippen molar-refractivity contribution in [3.63, 3.8) is 0 Å². The molecule has 1 heterocycles. The molecule has 0 aliphatic carbocycles. The number of hydrogen-bond donors (Lipinski definition) is 1. The predicted octanol–water partition coefficient (Wildman–Crippen LogP) is 4.25. The topological polar surface area (TPSA) is 56.2 Å². The summed E-state index contributed by atoms with van der Waals surface area (Å²) in [6, 6.07) is 4.00. The van der Waals surface area contributed by atoms with Crippen molar-refractivity contribution in [3.8, 4) is 5.75 Å². The number of ether oxygens (including phenoxy) is 1. The number of benzene rings is 1. The van der Waals surface area contributed by atoms with Crippen LogP contribution in [0, 0.1) is 6.92 Å². The zero-order valence-electron chi connectivity index (χ0n) is 12.8.